The highest BCUT2D eigenvalue weighted by Crippen LogP contribution is 2.23. The minimum atomic E-state index is 0.129. The molecule has 1 aliphatic rings. The monoisotopic (exact) mass is 310 g/mol. The summed E-state index contributed by atoms with van der Waals surface area (Å²) in [4.78, 5) is 12.2. The molecular weight excluding hydrogens is 292 g/mol. The lowest BCUT2D eigenvalue weighted by Gasteiger charge is -2.27. The van der Waals surface area contributed by atoms with Crippen molar-refractivity contribution < 1.29 is 4.79 Å². The van der Waals surface area contributed by atoms with Gasteiger partial charge in [0, 0.05) is 22.1 Å². The number of carbonyl (C=O) groups excluding carboxylic acids is 1. The van der Waals surface area contributed by atoms with Gasteiger partial charge in [-0.3, -0.25) is 4.79 Å². The maximum Gasteiger partial charge on any atom is 0.227 e. The van der Waals surface area contributed by atoms with Gasteiger partial charge in [-0.2, -0.15) is 0 Å². The lowest BCUT2D eigenvalue weighted by Crippen LogP contribution is -2.40. The maximum atomic E-state index is 12.2. The Kier molecular flexibility index (Phi) is 4.40. The Bertz CT molecular complexity index is 447. The minimum Gasteiger partial charge on any atom is -0.326 e. The van der Waals surface area contributed by atoms with Gasteiger partial charge in [0.15, 0.2) is 0 Å². The van der Waals surface area contributed by atoms with E-state index < -0.39 is 0 Å². The number of hydrogen-bond acceptors (Lipinski definition) is 2. The first-order chi connectivity index (χ1) is 8.56. The smallest absolute Gasteiger partial charge is 0.227 e. The normalized spacial score (nSPS) is 23.7. The third-order valence-corrected chi connectivity index (χ3v) is 3.93. The average Bonchev–Trinajstić information content (AvgIpc) is 2.32. The van der Waals surface area contributed by atoms with Crippen LogP contribution in [0.3, 0.4) is 0 Å². The van der Waals surface area contributed by atoms with E-state index in [0.717, 1.165) is 35.1 Å². The largest absolute Gasteiger partial charge is 0.326 e. The van der Waals surface area contributed by atoms with Crippen LogP contribution in [0.1, 0.15) is 25.3 Å². The van der Waals surface area contributed by atoms with E-state index in [4.69, 9.17) is 0 Å². The number of aryl methyl sites for hydroxylation is 1. The van der Waals surface area contributed by atoms with E-state index >= 15 is 0 Å². The highest BCUT2D eigenvalue weighted by Gasteiger charge is 2.24. The zero-order valence-electron chi connectivity index (χ0n) is 10.8. The molecule has 1 aliphatic heterocycles. The van der Waals surface area contributed by atoms with Crippen LogP contribution in [-0.2, 0) is 4.79 Å². The Morgan fingerprint density at radius 1 is 1.50 bits per heavy atom. The van der Waals surface area contributed by atoms with Crippen LogP contribution >= 0.6 is 15.9 Å². The zero-order chi connectivity index (χ0) is 13.1. The number of carbonyl (C=O) groups is 1. The molecule has 2 unspecified atom stereocenters. The molecular formula is C14H19BrN2O. The first-order valence-corrected chi connectivity index (χ1v) is 7.16. The summed E-state index contributed by atoms with van der Waals surface area (Å²) in [6, 6.07) is 6.34. The molecule has 0 radical (unpaired) electrons. The van der Waals surface area contributed by atoms with Gasteiger partial charge in [0.25, 0.3) is 0 Å². The molecule has 2 N–H and O–H groups in total. The summed E-state index contributed by atoms with van der Waals surface area (Å²) in [6.07, 6.45) is 1.84. The predicted octanol–water partition coefficient (Wildman–Crippen LogP) is 3.08. The van der Waals surface area contributed by atoms with E-state index in [1.165, 1.54) is 0 Å². The fourth-order valence-corrected chi connectivity index (χ4v) is 2.85. The minimum absolute atomic E-state index is 0.129. The van der Waals surface area contributed by atoms with Crippen molar-refractivity contribution in [3.63, 3.8) is 0 Å². The molecule has 2 rings (SSSR count). The Morgan fingerprint density at radius 2 is 2.28 bits per heavy atom. The van der Waals surface area contributed by atoms with Gasteiger partial charge in [-0.25, -0.2) is 0 Å². The molecule has 0 saturated carbocycles. The number of anilines is 1. The first-order valence-electron chi connectivity index (χ1n) is 6.36. The Morgan fingerprint density at radius 3 is 2.94 bits per heavy atom. The maximum absolute atomic E-state index is 12.2. The van der Waals surface area contributed by atoms with E-state index in [1.807, 2.05) is 25.1 Å². The fourth-order valence-electron chi connectivity index (χ4n) is 2.37. The van der Waals surface area contributed by atoms with Gasteiger partial charge < -0.3 is 10.6 Å². The highest BCUT2D eigenvalue weighted by atomic mass is 79.9. The summed E-state index contributed by atoms with van der Waals surface area (Å²) >= 11 is 3.43. The standard InChI is InChI=1S/C14H19BrN2O/c1-9-7-12(15)3-4-13(9)17-14(18)11-5-6-16-10(2)8-11/h3-4,7,10-11,16H,5-6,8H2,1-2H3,(H,17,18). The number of piperidine rings is 1. The summed E-state index contributed by atoms with van der Waals surface area (Å²) < 4.78 is 1.04. The summed E-state index contributed by atoms with van der Waals surface area (Å²) in [5.41, 5.74) is 1.99. The molecule has 1 aromatic rings. The van der Waals surface area contributed by atoms with Crippen LogP contribution in [0.15, 0.2) is 22.7 Å². The second-order valence-corrected chi connectivity index (χ2v) is 5.94. The van der Waals surface area contributed by atoms with Crippen molar-refractivity contribution in [2.75, 3.05) is 11.9 Å². The number of nitrogens with one attached hydrogen (secondary N) is 2. The zero-order valence-corrected chi connectivity index (χ0v) is 12.4. The van der Waals surface area contributed by atoms with Gasteiger partial charge >= 0.3 is 0 Å². The molecule has 0 spiro atoms. The van der Waals surface area contributed by atoms with E-state index in [2.05, 4.69) is 33.5 Å². The van der Waals surface area contributed by atoms with Gasteiger partial charge in [0.05, 0.1) is 0 Å². The lowest BCUT2D eigenvalue weighted by molar-refractivity contribution is -0.120. The topological polar surface area (TPSA) is 41.1 Å². The van der Waals surface area contributed by atoms with E-state index in [-0.39, 0.29) is 11.8 Å². The lowest BCUT2D eigenvalue weighted by atomic mass is 9.92. The van der Waals surface area contributed by atoms with Crippen molar-refractivity contribution >= 4 is 27.5 Å². The number of halogens is 1. The summed E-state index contributed by atoms with van der Waals surface area (Å²) in [6.45, 7) is 5.06. The molecule has 0 aliphatic carbocycles. The van der Waals surface area contributed by atoms with Crippen molar-refractivity contribution in [2.45, 2.75) is 32.7 Å². The number of rotatable bonds is 2. The van der Waals surface area contributed by atoms with Gasteiger partial charge in [0.2, 0.25) is 5.91 Å². The predicted molar refractivity (Wildman–Crippen MR) is 77.7 cm³/mol. The SMILES string of the molecule is Cc1cc(Br)ccc1NC(=O)C1CCNC(C)C1. The molecule has 4 heteroatoms. The van der Waals surface area contributed by atoms with Gasteiger partial charge in [-0.05, 0) is 57.0 Å². The highest BCUT2D eigenvalue weighted by molar-refractivity contribution is 9.10. The Balaban J connectivity index is 2.02. The summed E-state index contributed by atoms with van der Waals surface area (Å²) in [5.74, 6) is 0.276. The molecule has 18 heavy (non-hydrogen) atoms. The van der Waals surface area contributed by atoms with Crippen molar-refractivity contribution in [3.05, 3.63) is 28.2 Å². The molecule has 3 nitrogen and oxygen atoms in total. The van der Waals surface area contributed by atoms with E-state index in [0.29, 0.717) is 6.04 Å². The molecule has 1 fully saturated rings. The van der Waals surface area contributed by atoms with Gasteiger partial charge in [-0.1, -0.05) is 15.9 Å². The Labute approximate surface area is 116 Å². The number of hydrogen-bond donors (Lipinski definition) is 2. The van der Waals surface area contributed by atoms with Crippen molar-refractivity contribution in [3.8, 4) is 0 Å². The molecule has 1 amide bonds. The molecule has 0 bridgehead atoms. The van der Waals surface area contributed by atoms with Crippen molar-refractivity contribution in [1.82, 2.24) is 5.32 Å². The van der Waals surface area contributed by atoms with Crippen LogP contribution in [0.5, 0.6) is 0 Å². The Hall–Kier alpha value is -0.870. The second kappa shape index (κ2) is 5.85. The van der Waals surface area contributed by atoms with Crippen LogP contribution in [0.2, 0.25) is 0 Å². The molecule has 1 saturated heterocycles. The third-order valence-electron chi connectivity index (χ3n) is 3.44. The quantitative estimate of drug-likeness (QED) is 0.881. The van der Waals surface area contributed by atoms with Gasteiger partial charge in [-0.15, -0.1) is 0 Å². The summed E-state index contributed by atoms with van der Waals surface area (Å²) in [7, 11) is 0. The number of amides is 1. The number of benzene rings is 1. The third kappa shape index (κ3) is 3.33. The molecule has 0 aromatic heterocycles. The fraction of sp³-hybridized carbons (Fsp3) is 0.500. The first kappa shape index (κ1) is 13.6. The van der Waals surface area contributed by atoms with Crippen LogP contribution in [0, 0.1) is 12.8 Å². The van der Waals surface area contributed by atoms with Crippen molar-refractivity contribution in [1.29, 1.82) is 0 Å². The molecule has 98 valence electrons. The van der Waals surface area contributed by atoms with Crippen LogP contribution < -0.4 is 10.6 Å². The van der Waals surface area contributed by atoms with Crippen LogP contribution in [-0.4, -0.2) is 18.5 Å². The van der Waals surface area contributed by atoms with Crippen molar-refractivity contribution in [2.24, 2.45) is 5.92 Å². The molecule has 1 aromatic carbocycles. The summed E-state index contributed by atoms with van der Waals surface area (Å²) in [5, 5.41) is 6.40. The molecule has 2 atom stereocenters. The van der Waals surface area contributed by atoms with Crippen LogP contribution in [0.4, 0.5) is 5.69 Å². The van der Waals surface area contributed by atoms with E-state index in [1.54, 1.807) is 0 Å². The van der Waals surface area contributed by atoms with Gasteiger partial charge in [0.1, 0.15) is 0 Å². The van der Waals surface area contributed by atoms with Crippen LogP contribution in [0.25, 0.3) is 0 Å². The average molecular weight is 311 g/mol. The van der Waals surface area contributed by atoms with E-state index in [9.17, 15) is 4.79 Å². The second-order valence-electron chi connectivity index (χ2n) is 5.02. The molecule has 1 heterocycles.